The second-order valence-corrected chi connectivity index (χ2v) is 13.7. The molecule has 6 heteroatoms. The summed E-state index contributed by atoms with van der Waals surface area (Å²) >= 11 is 1.78. The molecule has 0 atom stereocenters. The van der Waals surface area contributed by atoms with E-state index in [2.05, 4.69) is 132 Å². The molecule has 10 rings (SSSR count). The highest BCUT2D eigenvalue weighted by Crippen LogP contribution is 2.44. The van der Waals surface area contributed by atoms with E-state index < -0.39 is 0 Å². The van der Waals surface area contributed by atoms with Crippen LogP contribution in [0.25, 0.3) is 93.6 Å². The highest BCUT2D eigenvalue weighted by atomic mass is 32.1. The van der Waals surface area contributed by atoms with Crippen molar-refractivity contribution in [3.63, 3.8) is 0 Å². The molecule has 3 heterocycles. The van der Waals surface area contributed by atoms with Gasteiger partial charge in [0, 0.05) is 48.1 Å². The first-order valence-electron chi connectivity index (χ1n) is 17.2. The minimum Gasteiger partial charge on any atom is -0.292 e. The van der Waals surface area contributed by atoms with Crippen molar-refractivity contribution in [1.29, 1.82) is 0 Å². The molecule has 7 aromatic carbocycles. The second kappa shape index (κ2) is 12.5. The van der Waals surface area contributed by atoms with Crippen molar-refractivity contribution in [3.05, 3.63) is 176 Å². The third-order valence-electron chi connectivity index (χ3n) is 9.50. The van der Waals surface area contributed by atoms with Gasteiger partial charge in [0.1, 0.15) is 5.82 Å². The lowest BCUT2D eigenvalue weighted by Gasteiger charge is -2.11. The summed E-state index contributed by atoms with van der Waals surface area (Å²) in [5, 5.41) is 2.28. The number of aromatic nitrogens is 5. The molecule has 0 radical (unpaired) electrons. The van der Waals surface area contributed by atoms with E-state index in [-0.39, 0.29) is 0 Å². The normalized spacial score (nSPS) is 11.5. The first kappa shape index (κ1) is 30.1. The molecule has 5 nitrogen and oxygen atoms in total. The summed E-state index contributed by atoms with van der Waals surface area (Å²) in [4.78, 5) is 20.5. The van der Waals surface area contributed by atoms with Gasteiger partial charge in [0.2, 0.25) is 0 Å². The minimum atomic E-state index is 0.636. The molecule has 10 aromatic rings. The topological polar surface area (TPSA) is 56.5 Å². The summed E-state index contributed by atoms with van der Waals surface area (Å²) in [5.41, 5.74) is 9.37. The molecule has 0 aliphatic rings. The summed E-state index contributed by atoms with van der Waals surface area (Å²) in [6.45, 7) is 0. The first-order valence-corrected chi connectivity index (χ1v) is 18.1. The van der Waals surface area contributed by atoms with Crippen LogP contribution in [-0.4, -0.2) is 24.5 Å². The van der Waals surface area contributed by atoms with Gasteiger partial charge < -0.3 is 0 Å². The molecule has 0 saturated carbocycles. The lowest BCUT2D eigenvalue weighted by atomic mass is 10.0. The van der Waals surface area contributed by atoms with Crippen molar-refractivity contribution < 1.29 is 0 Å². The number of hydrogen-bond acceptors (Lipinski definition) is 5. The van der Waals surface area contributed by atoms with Gasteiger partial charge in [0.15, 0.2) is 17.5 Å². The SMILES string of the molecule is c1ccc(-c2ccc(-c3nc(-c4ccccc4)nc(-c4cccc5sc6c(-c7nc8ccccc8n7-c7ccccc7)cccc6c45)n3)cc2)cc1. The van der Waals surface area contributed by atoms with E-state index in [4.69, 9.17) is 19.9 Å². The van der Waals surface area contributed by atoms with Crippen molar-refractivity contribution >= 4 is 42.5 Å². The van der Waals surface area contributed by atoms with Crippen LogP contribution in [0.2, 0.25) is 0 Å². The van der Waals surface area contributed by atoms with Gasteiger partial charge in [-0.1, -0.05) is 140 Å². The highest BCUT2D eigenvalue weighted by Gasteiger charge is 2.21. The predicted molar refractivity (Wildman–Crippen MR) is 215 cm³/mol. The van der Waals surface area contributed by atoms with Gasteiger partial charge in [0.05, 0.1) is 11.0 Å². The Morgan fingerprint density at radius 3 is 1.71 bits per heavy atom. The molecule has 0 bridgehead atoms. The molecule has 0 aliphatic heterocycles. The smallest absolute Gasteiger partial charge is 0.164 e. The molecule has 0 aliphatic carbocycles. The minimum absolute atomic E-state index is 0.636. The van der Waals surface area contributed by atoms with Crippen LogP contribution in [0.15, 0.2) is 176 Å². The zero-order chi connectivity index (χ0) is 34.4. The molecule has 0 fully saturated rings. The van der Waals surface area contributed by atoms with E-state index in [0.717, 1.165) is 65.8 Å². The Labute approximate surface area is 304 Å². The van der Waals surface area contributed by atoms with Crippen LogP contribution in [0, 0.1) is 0 Å². The lowest BCUT2D eigenvalue weighted by Crippen LogP contribution is -2.00. The molecule has 0 unspecified atom stereocenters. The van der Waals surface area contributed by atoms with Crippen molar-refractivity contribution in [3.8, 4) is 62.4 Å². The van der Waals surface area contributed by atoms with Crippen molar-refractivity contribution in [1.82, 2.24) is 24.5 Å². The number of nitrogens with zero attached hydrogens (tertiary/aromatic N) is 5. The maximum atomic E-state index is 5.21. The van der Waals surface area contributed by atoms with E-state index >= 15 is 0 Å². The van der Waals surface area contributed by atoms with Gasteiger partial charge >= 0.3 is 0 Å². The standard InChI is InChI=1S/C46H29N5S/c1-4-14-30(15-5-1)31-26-28-33(29-27-31)44-48-43(32-16-6-2-7-17-32)49-45(50-44)36-21-13-25-40-41(36)35-20-12-22-37(42(35)52-40)46-47-38-23-10-11-24-39(38)51(46)34-18-8-3-9-19-34/h1-29H. The molecule has 0 spiro atoms. The van der Waals surface area contributed by atoms with E-state index in [1.807, 2.05) is 48.5 Å². The Balaban J connectivity index is 1.17. The summed E-state index contributed by atoms with van der Waals surface area (Å²) in [7, 11) is 0. The van der Waals surface area contributed by atoms with E-state index in [1.54, 1.807) is 11.3 Å². The van der Waals surface area contributed by atoms with Gasteiger partial charge in [-0.2, -0.15) is 0 Å². The molecule has 0 N–H and O–H groups in total. The fourth-order valence-corrected chi connectivity index (χ4v) is 8.28. The number of para-hydroxylation sites is 3. The number of rotatable bonds is 6. The van der Waals surface area contributed by atoms with E-state index in [9.17, 15) is 0 Å². The monoisotopic (exact) mass is 683 g/mol. The van der Waals surface area contributed by atoms with E-state index in [1.165, 1.54) is 10.3 Å². The Hall–Kier alpha value is -6.76. The van der Waals surface area contributed by atoms with Crippen LogP contribution in [0.1, 0.15) is 0 Å². The summed E-state index contributed by atoms with van der Waals surface area (Å²) in [6, 6.07) is 60.8. The van der Waals surface area contributed by atoms with Crippen molar-refractivity contribution in [2.24, 2.45) is 0 Å². The molecule has 3 aromatic heterocycles. The fourth-order valence-electron chi connectivity index (χ4n) is 7.04. The van der Waals surface area contributed by atoms with Gasteiger partial charge in [-0.15, -0.1) is 11.3 Å². The van der Waals surface area contributed by atoms with Crippen molar-refractivity contribution in [2.75, 3.05) is 0 Å². The second-order valence-electron chi connectivity index (χ2n) is 12.7. The Morgan fingerprint density at radius 1 is 0.404 bits per heavy atom. The van der Waals surface area contributed by atoms with Crippen LogP contribution in [0.5, 0.6) is 0 Å². The van der Waals surface area contributed by atoms with Gasteiger partial charge in [0.25, 0.3) is 0 Å². The van der Waals surface area contributed by atoms with Crippen LogP contribution in [0.3, 0.4) is 0 Å². The average molecular weight is 684 g/mol. The maximum absolute atomic E-state index is 5.21. The first-order chi connectivity index (χ1) is 25.8. The molecule has 244 valence electrons. The average Bonchev–Trinajstić information content (AvgIpc) is 3.81. The molecule has 52 heavy (non-hydrogen) atoms. The quantitative estimate of drug-likeness (QED) is 0.175. The van der Waals surface area contributed by atoms with Crippen molar-refractivity contribution in [2.45, 2.75) is 0 Å². The summed E-state index contributed by atoms with van der Waals surface area (Å²) in [6.07, 6.45) is 0. The largest absolute Gasteiger partial charge is 0.292 e. The predicted octanol–water partition coefficient (Wildman–Crippen LogP) is 11.9. The number of benzene rings is 7. The highest BCUT2D eigenvalue weighted by molar-refractivity contribution is 7.26. The molecule has 0 amide bonds. The third kappa shape index (κ3) is 5.16. The van der Waals surface area contributed by atoms with E-state index in [0.29, 0.717) is 17.5 Å². The lowest BCUT2D eigenvalue weighted by molar-refractivity contribution is 1.08. The molecular weight excluding hydrogens is 655 g/mol. The molecular formula is C46H29N5S. The Bertz CT molecular complexity index is 2880. The zero-order valence-corrected chi connectivity index (χ0v) is 28.7. The maximum Gasteiger partial charge on any atom is 0.164 e. The number of imidazole rings is 1. The summed E-state index contributed by atoms with van der Waals surface area (Å²) in [5.74, 6) is 2.83. The zero-order valence-electron chi connectivity index (χ0n) is 27.9. The molecule has 0 saturated heterocycles. The summed E-state index contributed by atoms with van der Waals surface area (Å²) < 4.78 is 4.60. The fraction of sp³-hybridized carbons (Fsp3) is 0. The Kier molecular flexibility index (Phi) is 7.25. The van der Waals surface area contributed by atoms with Crippen LogP contribution in [-0.2, 0) is 0 Å². The number of fused-ring (bicyclic) bond motifs is 4. The number of thiophene rings is 1. The van der Waals surface area contributed by atoms with Gasteiger partial charge in [-0.05, 0) is 47.5 Å². The van der Waals surface area contributed by atoms with Gasteiger partial charge in [-0.25, -0.2) is 19.9 Å². The Morgan fingerprint density at radius 2 is 0.962 bits per heavy atom. The third-order valence-corrected chi connectivity index (χ3v) is 10.7. The van der Waals surface area contributed by atoms with Gasteiger partial charge in [-0.3, -0.25) is 4.57 Å². The van der Waals surface area contributed by atoms with Crippen LogP contribution >= 0.6 is 11.3 Å². The van der Waals surface area contributed by atoms with Crippen LogP contribution < -0.4 is 0 Å². The van der Waals surface area contributed by atoms with Crippen LogP contribution in [0.4, 0.5) is 0 Å². The number of hydrogen-bond donors (Lipinski definition) is 0.